The van der Waals surface area contributed by atoms with Crippen LogP contribution in [0.3, 0.4) is 0 Å². The van der Waals surface area contributed by atoms with Crippen LogP contribution in [0, 0.1) is 0 Å². The summed E-state index contributed by atoms with van der Waals surface area (Å²) in [6, 6.07) is 0. The van der Waals surface area contributed by atoms with Crippen LogP contribution < -0.4 is 5.32 Å². The predicted molar refractivity (Wildman–Crippen MR) is 41.2 cm³/mol. The summed E-state index contributed by atoms with van der Waals surface area (Å²) in [5.74, 6) is 0. The van der Waals surface area contributed by atoms with Crippen molar-refractivity contribution >= 4 is 0 Å². The summed E-state index contributed by atoms with van der Waals surface area (Å²) in [5, 5.41) is 2.92. The van der Waals surface area contributed by atoms with Gasteiger partial charge in [-0.15, -0.1) is 0 Å². The molecule has 0 aromatic rings. The van der Waals surface area contributed by atoms with E-state index in [1.165, 1.54) is 0 Å². The lowest BCUT2D eigenvalue weighted by atomic mass is 9.89. The van der Waals surface area contributed by atoms with Gasteiger partial charge in [0.05, 0.1) is 0 Å². The van der Waals surface area contributed by atoms with E-state index in [1.807, 2.05) is 0 Å². The molecule has 13 heavy (non-hydrogen) atoms. The fourth-order valence-electron chi connectivity index (χ4n) is 1.49. The Morgan fingerprint density at radius 2 is 1.69 bits per heavy atom. The first-order valence-electron chi connectivity index (χ1n) is 4.38. The number of alkyl halides is 4. The second-order valence-corrected chi connectivity index (χ2v) is 3.52. The van der Waals surface area contributed by atoms with E-state index in [-0.39, 0.29) is 12.8 Å². The van der Waals surface area contributed by atoms with Gasteiger partial charge in [0.15, 0.2) is 0 Å². The number of rotatable bonds is 2. The van der Waals surface area contributed by atoms with Gasteiger partial charge >= 0.3 is 6.18 Å². The van der Waals surface area contributed by atoms with Crippen LogP contribution >= 0.6 is 0 Å². The largest absolute Gasteiger partial charge is 0.389 e. The Morgan fingerprint density at radius 3 is 2.15 bits per heavy atom. The molecule has 1 aliphatic rings. The minimum absolute atomic E-state index is 0.198. The van der Waals surface area contributed by atoms with Crippen LogP contribution in [0.2, 0.25) is 0 Å². The zero-order valence-electron chi connectivity index (χ0n) is 7.25. The minimum atomic E-state index is -4.23. The zero-order chi connectivity index (χ0) is 9.95. The average Bonchev–Trinajstić information content (AvgIpc) is 2.02. The SMILES string of the molecule is FC(F)(F)CCC1(F)CCNCC1. The van der Waals surface area contributed by atoms with Gasteiger partial charge in [0.25, 0.3) is 0 Å². The smallest absolute Gasteiger partial charge is 0.316 e. The molecule has 0 aromatic heterocycles. The third-order valence-electron chi connectivity index (χ3n) is 2.36. The predicted octanol–water partition coefficient (Wildman–Crippen LogP) is 2.42. The van der Waals surface area contributed by atoms with E-state index in [0.29, 0.717) is 13.1 Å². The maximum absolute atomic E-state index is 13.6. The molecule has 0 atom stereocenters. The molecule has 0 saturated carbocycles. The summed E-state index contributed by atoms with van der Waals surface area (Å²) >= 11 is 0. The summed E-state index contributed by atoms with van der Waals surface area (Å²) in [5.41, 5.74) is -1.60. The Hall–Kier alpha value is -0.320. The molecule has 1 saturated heterocycles. The van der Waals surface area contributed by atoms with Gasteiger partial charge in [-0.3, -0.25) is 0 Å². The van der Waals surface area contributed by atoms with Crippen LogP contribution in [0.1, 0.15) is 25.7 Å². The van der Waals surface area contributed by atoms with Crippen molar-refractivity contribution in [2.24, 2.45) is 0 Å². The van der Waals surface area contributed by atoms with Gasteiger partial charge in [0.1, 0.15) is 5.67 Å². The van der Waals surface area contributed by atoms with Crippen LogP contribution in [0.25, 0.3) is 0 Å². The lowest BCUT2D eigenvalue weighted by Gasteiger charge is -2.30. The van der Waals surface area contributed by atoms with E-state index in [9.17, 15) is 17.6 Å². The molecule has 0 aromatic carbocycles. The molecule has 1 nitrogen and oxygen atoms in total. The van der Waals surface area contributed by atoms with Crippen molar-refractivity contribution < 1.29 is 17.6 Å². The van der Waals surface area contributed by atoms with Crippen LogP contribution in [0.4, 0.5) is 17.6 Å². The summed E-state index contributed by atoms with van der Waals surface area (Å²) in [7, 11) is 0. The highest BCUT2D eigenvalue weighted by molar-refractivity contribution is 4.85. The molecular weight excluding hydrogens is 186 g/mol. The third kappa shape index (κ3) is 3.93. The van der Waals surface area contributed by atoms with Crippen molar-refractivity contribution in [1.82, 2.24) is 5.32 Å². The van der Waals surface area contributed by atoms with E-state index in [1.54, 1.807) is 0 Å². The summed E-state index contributed by atoms with van der Waals surface area (Å²) in [6.45, 7) is 0.961. The Balaban J connectivity index is 2.33. The van der Waals surface area contributed by atoms with Crippen molar-refractivity contribution in [1.29, 1.82) is 0 Å². The van der Waals surface area contributed by atoms with Crippen LogP contribution in [-0.4, -0.2) is 24.9 Å². The molecule has 0 bridgehead atoms. The van der Waals surface area contributed by atoms with Gasteiger partial charge < -0.3 is 5.32 Å². The maximum atomic E-state index is 13.6. The molecule has 1 aliphatic heterocycles. The molecule has 1 N–H and O–H groups in total. The first-order chi connectivity index (χ1) is 5.91. The summed E-state index contributed by atoms with van der Waals surface area (Å²) < 4.78 is 49.0. The van der Waals surface area contributed by atoms with Gasteiger partial charge in [0, 0.05) is 6.42 Å². The second kappa shape index (κ2) is 3.82. The highest BCUT2D eigenvalue weighted by Crippen LogP contribution is 2.33. The van der Waals surface area contributed by atoms with Crippen LogP contribution in [0.5, 0.6) is 0 Å². The number of piperidine rings is 1. The van der Waals surface area contributed by atoms with E-state index in [0.717, 1.165) is 0 Å². The van der Waals surface area contributed by atoms with Crippen molar-refractivity contribution in [2.75, 3.05) is 13.1 Å². The monoisotopic (exact) mass is 199 g/mol. The second-order valence-electron chi connectivity index (χ2n) is 3.52. The average molecular weight is 199 g/mol. The first kappa shape index (κ1) is 10.8. The lowest BCUT2D eigenvalue weighted by Crippen LogP contribution is -2.39. The van der Waals surface area contributed by atoms with E-state index in [2.05, 4.69) is 5.32 Å². The number of hydrogen-bond donors (Lipinski definition) is 1. The molecule has 1 heterocycles. The maximum Gasteiger partial charge on any atom is 0.389 e. The van der Waals surface area contributed by atoms with Crippen LogP contribution in [0.15, 0.2) is 0 Å². The summed E-state index contributed by atoms with van der Waals surface area (Å²) in [6.07, 6.45) is -5.24. The molecule has 0 aliphatic carbocycles. The lowest BCUT2D eigenvalue weighted by molar-refractivity contribution is -0.143. The number of hydrogen-bond acceptors (Lipinski definition) is 1. The van der Waals surface area contributed by atoms with Gasteiger partial charge in [-0.25, -0.2) is 4.39 Å². The molecule has 0 amide bonds. The first-order valence-corrected chi connectivity index (χ1v) is 4.38. The van der Waals surface area contributed by atoms with Crippen molar-refractivity contribution in [3.05, 3.63) is 0 Å². The Morgan fingerprint density at radius 1 is 1.15 bits per heavy atom. The molecule has 0 spiro atoms. The van der Waals surface area contributed by atoms with Crippen molar-refractivity contribution in [2.45, 2.75) is 37.5 Å². The molecular formula is C8H13F4N. The van der Waals surface area contributed by atoms with Crippen LogP contribution in [-0.2, 0) is 0 Å². The van der Waals surface area contributed by atoms with Gasteiger partial charge in [-0.1, -0.05) is 0 Å². The Labute approximate surface area is 74.5 Å². The normalized spacial score (nSPS) is 23.1. The highest BCUT2D eigenvalue weighted by atomic mass is 19.4. The van der Waals surface area contributed by atoms with E-state index in [4.69, 9.17) is 0 Å². The van der Waals surface area contributed by atoms with Gasteiger partial charge in [-0.05, 0) is 32.4 Å². The molecule has 5 heteroatoms. The molecule has 78 valence electrons. The van der Waals surface area contributed by atoms with Gasteiger partial charge in [-0.2, -0.15) is 13.2 Å². The molecule has 0 radical (unpaired) electrons. The Bertz CT molecular complexity index is 160. The molecule has 0 unspecified atom stereocenters. The topological polar surface area (TPSA) is 12.0 Å². The highest BCUT2D eigenvalue weighted by Gasteiger charge is 2.37. The quantitative estimate of drug-likeness (QED) is 0.673. The fraction of sp³-hybridized carbons (Fsp3) is 1.00. The van der Waals surface area contributed by atoms with Gasteiger partial charge in [0.2, 0.25) is 0 Å². The Kier molecular flexibility index (Phi) is 3.16. The van der Waals surface area contributed by atoms with Crippen molar-refractivity contribution in [3.63, 3.8) is 0 Å². The number of nitrogens with one attached hydrogen (secondary N) is 1. The molecule has 1 rings (SSSR count). The minimum Gasteiger partial charge on any atom is -0.316 e. The molecule has 1 fully saturated rings. The third-order valence-corrected chi connectivity index (χ3v) is 2.36. The fourth-order valence-corrected chi connectivity index (χ4v) is 1.49. The van der Waals surface area contributed by atoms with Crippen molar-refractivity contribution in [3.8, 4) is 0 Å². The number of halogens is 4. The van der Waals surface area contributed by atoms with E-state index >= 15 is 0 Å². The van der Waals surface area contributed by atoms with E-state index < -0.39 is 24.7 Å². The zero-order valence-corrected chi connectivity index (χ0v) is 7.25. The standard InChI is InChI=1S/C8H13F4N/c9-7(1-2-8(10,11)12)3-5-13-6-4-7/h13H,1-6H2. The summed E-state index contributed by atoms with van der Waals surface area (Å²) in [4.78, 5) is 0.